The Morgan fingerprint density at radius 2 is 1.97 bits per heavy atom. The highest BCUT2D eigenvalue weighted by Crippen LogP contribution is 2.32. The molecule has 0 bridgehead atoms. The average Bonchev–Trinajstić information content (AvgIpc) is 3.43. The number of anilines is 1. The van der Waals surface area contributed by atoms with Gasteiger partial charge in [0.1, 0.15) is 11.2 Å². The normalized spacial score (nSPS) is 15.5. The molecule has 4 heterocycles. The lowest BCUT2D eigenvalue weighted by Gasteiger charge is -2.29. The summed E-state index contributed by atoms with van der Waals surface area (Å²) < 4.78 is 12.8. The van der Waals surface area contributed by atoms with E-state index in [1.165, 1.54) is 22.3 Å². The number of amides is 1. The highest BCUT2D eigenvalue weighted by atomic mass is 32.1. The summed E-state index contributed by atoms with van der Waals surface area (Å²) in [6.07, 6.45) is 3.30. The van der Waals surface area contributed by atoms with Gasteiger partial charge in [0.2, 0.25) is 18.6 Å². The van der Waals surface area contributed by atoms with E-state index in [4.69, 9.17) is 14.5 Å². The largest absolute Gasteiger partial charge is 0.454 e. The van der Waals surface area contributed by atoms with Crippen LogP contribution in [0.3, 0.4) is 0 Å². The standard InChI is InChI=1S/C21H22N4O4S/c26-18(22-11-14-4-5-16-17(10-14)29-13-28-16)12-25-20(27)19-15(6-9-30-19)23-21(25)24-7-2-1-3-8-24/h4-6,9-10H,1-3,7-8,11-13H2,(H,22,26). The molecule has 1 N–H and O–H groups in total. The molecule has 0 saturated carbocycles. The van der Waals surface area contributed by atoms with Gasteiger partial charge >= 0.3 is 0 Å². The fourth-order valence-electron chi connectivity index (χ4n) is 3.86. The van der Waals surface area contributed by atoms with Gasteiger partial charge in [0.15, 0.2) is 11.5 Å². The monoisotopic (exact) mass is 426 g/mol. The minimum atomic E-state index is -0.231. The SMILES string of the molecule is O=C(Cn1c(N2CCCCC2)nc2ccsc2c1=O)NCc1ccc2c(c1)OCO2. The van der Waals surface area contributed by atoms with Crippen LogP contribution in [0.5, 0.6) is 11.5 Å². The van der Waals surface area contributed by atoms with Crippen LogP contribution in [0.4, 0.5) is 5.95 Å². The molecular formula is C21H22N4O4S. The summed E-state index contributed by atoms with van der Waals surface area (Å²) in [6, 6.07) is 7.43. The zero-order valence-electron chi connectivity index (χ0n) is 16.4. The molecule has 2 aliphatic rings. The van der Waals surface area contributed by atoms with Crippen molar-refractivity contribution in [2.24, 2.45) is 0 Å². The van der Waals surface area contributed by atoms with Crippen LogP contribution >= 0.6 is 11.3 Å². The van der Waals surface area contributed by atoms with Crippen LogP contribution in [-0.2, 0) is 17.9 Å². The zero-order chi connectivity index (χ0) is 20.5. The molecule has 0 radical (unpaired) electrons. The fourth-order valence-corrected chi connectivity index (χ4v) is 4.64. The number of carbonyl (C=O) groups is 1. The van der Waals surface area contributed by atoms with Gasteiger partial charge in [-0.25, -0.2) is 4.98 Å². The molecule has 9 heteroatoms. The van der Waals surface area contributed by atoms with Gasteiger partial charge in [-0.1, -0.05) is 6.07 Å². The molecule has 30 heavy (non-hydrogen) atoms. The molecule has 1 amide bonds. The summed E-state index contributed by atoms with van der Waals surface area (Å²) in [5.74, 6) is 1.74. The Morgan fingerprint density at radius 1 is 1.13 bits per heavy atom. The van der Waals surface area contributed by atoms with Crippen molar-refractivity contribution in [1.29, 1.82) is 0 Å². The number of ether oxygens (including phenoxy) is 2. The molecule has 0 unspecified atom stereocenters. The van der Waals surface area contributed by atoms with Gasteiger partial charge in [-0.05, 0) is 48.4 Å². The number of rotatable bonds is 5. The quantitative estimate of drug-likeness (QED) is 0.675. The first-order valence-corrected chi connectivity index (χ1v) is 11.0. The number of fused-ring (bicyclic) bond motifs is 2. The van der Waals surface area contributed by atoms with Crippen LogP contribution in [0.1, 0.15) is 24.8 Å². The van der Waals surface area contributed by atoms with E-state index in [-0.39, 0.29) is 24.8 Å². The Hall–Kier alpha value is -3.07. The Bertz CT molecular complexity index is 1150. The summed E-state index contributed by atoms with van der Waals surface area (Å²) in [6.45, 7) is 2.20. The third-order valence-electron chi connectivity index (χ3n) is 5.41. The summed E-state index contributed by atoms with van der Waals surface area (Å²) in [4.78, 5) is 32.6. The molecule has 8 nitrogen and oxygen atoms in total. The van der Waals surface area contributed by atoms with Gasteiger partial charge in [-0.15, -0.1) is 11.3 Å². The topological polar surface area (TPSA) is 85.7 Å². The molecule has 2 aliphatic heterocycles. The number of nitrogens with zero attached hydrogens (tertiary/aromatic N) is 3. The third-order valence-corrected chi connectivity index (χ3v) is 6.30. The van der Waals surface area contributed by atoms with Crippen molar-refractivity contribution in [3.8, 4) is 11.5 Å². The number of hydrogen-bond donors (Lipinski definition) is 1. The first kappa shape index (κ1) is 18.9. The second-order valence-corrected chi connectivity index (χ2v) is 8.37. The molecule has 5 rings (SSSR count). The molecule has 0 atom stereocenters. The van der Waals surface area contributed by atoms with Crippen molar-refractivity contribution in [3.63, 3.8) is 0 Å². The fraction of sp³-hybridized carbons (Fsp3) is 0.381. The lowest BCUT2D eigenvalue weighted by atomic mass is 10.1. The average molecular weight is 426 g/mol. The molecule has 3 aromatic rings. The van der Waals surface area contributed by atoms with Gasteiger partial charge in [0, 0.05) is 19.6 Å². The van der Waals surface area contributed by atoms with Gasteiger partial charge in [0.05, 0.1) is 5.52 Å². The Labute approximate surface area is 177 Å². The number of thiophene rings is 1. The van der Waals surface area contributed by atoms with Crippen molar-refractivity contribution in [2.75, 3.05) is 24.8 Å². The first-order chi connectivity index (χ1) is 14.7. The maximum atomic E-state index is 13.1. The van der Waals surface area contributed by atoms with E-state index in [9.17, 15) is 9.59 Å². The van der Waals surface area contributed by atoms with Crippen molar-refractivity contribution < 1.29 is 14.3 Å². The van der Waals surface area contributed by atoms with E-state index in [0.29, 0.717) is 34.2 Å². The van der Waals surface area contributed by atoms with Gasteiger partial charge < -0.3 is 19.7 Å². The number of hydrogen-bond acceptors (Lipinski definition) is 7. The van der Waals surface area contributed by atoms with E-state index in [2.05, 4.69) is 10.2 Å². The number of piperidine rings is 1. The van der Waals surface area contributed by atoms with E-state index < -0.39 is 0 Å². The molecular weight excluding hydrogens is 404 g/mol. The minimum absolute atomic E-state index is 0.0595. The van der Waals surface area contributed by atoms with Crippen LogP contribution < -0.4 is 25.2 Å². The lowest BCUT2D eigenvalue weighted by molar-refractivity contribution is -0.121. The van der Waals surface area contributed by atoms with E-state index in [1.54, 1.807) is 0 Å². The molecule has 2 aromatic heterocycles. The molecule has 0 spiro atoms. The molecule has 1 fully saturated rings. The first-order valence-electron chi connectivity index (χ1n) is 10.1. The molecule has 0 aliphatic carbocycles. The molecule has 1 aromatic carbocycles. The Balaban J connectivity index is 1.36. The van der Waals surface area contributed by atoms with Crippen molar-refractivity contribution in [3.05, 3.63) is 45.6 Å². The minimum Gasteiger partial charge on any atom is -0.454 e. The maximum Gasteiger partial charge on any atom is 0.273 e. The molecule has 156 valence electrons. The van der Waals surface area contributed by atoms with Gasteiger partial charge in [-0.2, -0.15) is 0 Å². The highest BCUT2D eigenvalue weighted by Gasteiger charge is 2.21. The maximum absolute atomic E-state index is 13.1. The summed E-state index contributed by atoms with van der Waals surface area (Å²) >= 11 is 1.36. The van der Waals surface area contributed by atoms with E-state index in [0.717, 1.165) is 31.5 Å². The van der Waals surface area contributed by atoms with E-state index in [1.807, 2.05) is 29.6 Å². The van der Waals surface area contributed by atoms with Gasteiger partial charge in [0.25, 0.3) is 5.56 Å². The number of carbonyl (C=O) groups excluding carboxylic acids is 1. The predicted octanol–water partition coefficient (Wildman–Crippen LogP) is 2.49. The van der Waals surface area contributed by atoms with Crippen LogP contribution in [0, 0.1) is 0 Å². The van der Waals surface area contributed by atoms with E-state index >= 15 is 0 Å². The van der Waals surface area contributed by atoms with Crippen LogP contribution in [0.15, 0.2) is 34.4 Å². The number of benzene rings is 1. The van der Waals surface area contributed by atoms with Crippen LogP contribution in [0.25, 0.3) is 10.2 Å². The van der Waals surface area contributed by atoms with Crippen LogP contribution in [-0.4, -0.2) is 35.3 Å². The predicted molar refractivity (Wildman–Crippen MR) is 114 cm³/mol. The van der Waals surface area contributed by atoms with Crippen molar-refractivity contribution in [1.82, 2.24) is 14.9 Å². The third kappa shape index (κ3) is 3.60. The molecule has 1 saturated heterocycles. The highest BCUT2D eigenvalue weighted by molar-refractivity contribution is 7.17. The smallest absolute Gasteiger partial charge is 0.273 e. The number of nitrogens with one attached hydrogen (secondary N) is 1. The van der Waals surface area contributed by atoms with Crippen molar-refractivity contribution >= 4 is 33.4 Å². The second-order valence-electron chi connectivity index (χ2n) is 7.45. The Morgan fingerprint density at radius 3 is 2.83 bits per heavy atom. The van der Waals surface area contributed by atoms with Gasteiger partial charge in [-0.3, -0.25) is 14.2 Å². The summed E-state index contributed by atoms with van der Waals surface area (Å²) in [7, 11) is 0. The zero-order valence-corrected chi connectivity index (χ0v) is 17.2. The van der Waals surface area contributed by atoms with Crippen molar-refractivity contribution in [2.45, 2.75) is 32.4 Å². The van der Waals surface area contributed by atoms with Crippen LogP contribution in [0.2, 0.25) is 0 Å². The number of aromatic nitrogens is 2. The summed E-state index contributed by atoms with van der Waals surface area (Å²) in [5.41, 5.74) is 1.44. The Kier molecular flexibility index (Phi) is 5.04. The summed E-state index contributed by atoms with van der Waals surface area (Å²) in [5, 5.41) is 4.76. The lowest BCUT2D eigenvalue weighted by Crippen LogP contribution is -2.39. The second kappa shape index (κ2) is 7.98.